The first-order chi connectivity index (χ1) is 16.7. The molecule has 1 saturated carbocycles. The number of benzene rings is 1. The number of amides is 1. The van der Waals surface area contributed by atoms with Gasteiger partial charge >= 0.3 is 6.18 Å². The van der Waals surface area contributed by atoms with Gasteiger partial charge in [0.2, 0.25) is 11.9 Å². The lowest BCUT2D eigenvalue weighted by Crippen LogP contribution is -2.41. The minimum Gasteiger partial charge on any atom is -0.366 e. The van der Waals surface area contributed by atoms with Gasteiger partial charge in [0.05, 0.1) is 5.92 Å². The fourth-order valence-corrected chi connectivity index (χ4v) is 4.79. The Morgan fingerprint density at radius 1 is 1.11 bits per heavy atom. The number of rotatable bonds is 8. The van der Waals surface area contributed by atoms with Gasteiger partial charge in [0.25, 0.3) is 0 Å². The van der Waals surface area contributed by atoms with Gasteiger partial charge in [-0.15, -0.1) is 0 Å². The molecular formula is C25H33F3N6O. The molecule has 1 saturated heterocycles. The maximum Gasteiger partial charge on any atom is 0.421 e. The lowest BCUT2D eigenvalue weighted by Gasteiger charge is -2.24. The number of halogens is 3. The van der Waals surface area contributed by atoms with Gasteiger partial charge in [-0.3, -0.25) is 9.69 Å². The van der Waals surface area contributed by atoms with Crippen molar-refractivity contribution in [3.8, 4) is 0 Å². The summed E-state index contributed by atoms with van der Waals surface area (Å²) < 4.78 is 41.1. The van der Waals surface area contributed by atoms with Gasteiger partial charge in [-0.1, -0.05) is 18.6 Å². The largest absolute Gasteiger partial charge is 0.421 e. The van der Waals surface area contributed by atoms with E-state index in [1.54, 1.807) is 0 Å². The van der Waals surface area contributed by atoms with Crippen LogP contribution in [0.3, 0.4) is 0 Å². The zero-order chi connectivity index (χ0) is 25.0. The molecule has 1 aromatic heterocycles. The van der Waals surface area contributed by atoms with E-state index in [1.165, 1.54) is 18.4 Å². The first-order valence-corrected chi connectivity index (χ1v) is 12.3. The molecule has 1 aliphatic carbocycles. The van der Waals surface area contributed by atoms with Gasteiger partial charge in [0.1, 0.15) is 11.4 Å². The van der Waals surface area contributed by atoms with Crippen molar-refractivity contribution < 1.29 is 18.0 Å². The van der Waals surface area contributed by atoms with Crippen LogP contribution in [0, 0.1) is 5.92 Å². The molecule has 4 rings (SSSR count). The van der Waals surface area contributed by atoms with Gasteiger partial charge in [0, 0.05) is 30.5 Å². The molecule has 0 spiro atoms. The summed E-state index contributed by atoms with van der Waals surface area (Å²) in [5, 5.41) is 8.79. The number of anilines is 3. The number of alkyl halides is 3. The summed E-state index contributed by atoms with van der Waals surface area (Å²) in [6.07, 6.45) is 0.603. The summed E-state index contributed by atoms with van der Waals surface area (Å²) >= 11 is 0. The van der Waals surface area contributed by atoms with Crippen LogP contribution in [0.5, 0.6) is 0 Å². The maximum atomic E-state index is 13.7. The second kappa shape index (κ2) is 10.8. The first kappa shape index (κ1) is 25.2. The van der Waals surface area contributed by atoms with Crippen molar-refractivity contribution in [1.82, 2.24) is 20.2 Å². The number of nitrogens with zero attached hydrogens (tertiary/aromatic N) is 3. The van der Waals surface area contributed by atoms with Crippen LogP contribution >= 0.6 is 0 Å². The van der Waals surface area contributed by atoms with Crippen molar-refractivity contribution in [3.05, 3.63) is 41.6 Å². The Morgan fingerprint density at radius 3 is 2.49 bits per heavy atom. The monoisotopic (exact) mass is 490 g/mol. The third-order valence-corrected chi connectivity index (χ3v) is 6.51. The van der Waals surface area contributed by atoms with Crippen molar-refractivity contribution in [2.45, 2.75) is 70.8 Å². The average Bonchev–Trinajstić information content (AvgIpc) is 3.46. The highest BCUT2D eigenvalue weighted by molar-refractivity contribution is 5.80. The Labute approximate surface area is 203 Å². The van der Waals surface area contributed by atoms with Crippen molar-refractivity contribution >= 4 is 23.4 Å². The van der Waals surface area contributed by atoms with Crippen molar-refractivity contribution in [1.29, 1.82) is 0 Å². The van der Waals surface area contributed by atoms with Crippen LogP contribution < -0.4 is 16.0 Å². The molecule has 2 heterocycles. The predicted molar refractivity (Wildman–Crippen MR) is 129 cm³/mol. The Hall–Kier alpha value is -2.88. The average molecular weight is 491 g/mol. The summed E-state index contributed by atoms with van der Waals surface area (Å²) in [4.78, 5) is 23.0. The van der Waals surface area contributed by atoms with Gasteiger partial charge in [0.15, 0.2) is 0 Å². The fourth-order valence-electron chi connectivity index (χ4n) is 4.79. The zero-order valence-electron chi connectivity index (χ0n) is 20.2. The molecule has 1 amide bonds. The molecule has 0 unspecified atom stereocenters. The van der Waals surface area contributed by atoms with E-state index in [2.05, 4.69) is 30.8 Å². The van der Waals surface area contributed by atoms with Gasteiger partial charge in [-0.2, -0.15) is 18.2 Å². The normalized spacial score (nSPS) is 20.9. The number of aromatic nitrogens is 2. The molecular weight excluding hydrogens is 457 g/mol. The summed E-state index contributed by atoms with van der Waals surface area (Å²) in [7, 11) is 0. The molecule has 2 aromatic rings. The maximum absolute atomic E-state index is 13.7. The minimum absolute atomic E-state index is 0.0360. The van der Waals surface area contributed by atoms with E-state index in [4.69, 9.17) is 0 Å². The van der Waals surface area contributed by atoms with E-state index in [9.17, 15) is 18.0 Å². The Morgan fingerprint density at radius 2 is 1.83 bits per heavy atom. The number of carbonyl (C=O) groups is 1. The van der Waals surface area contributed by atoms with Crippen molar-refractivity contribution in [2.75, 3.05) is 23.7 Å². The van der Waals surface area contributed by atoms with Crippen LogP contribution in [-0.4, -0.2) is 45.9 Å². The summed E-state index contributed by atoms with van der Waals surface area (Å²) in [6, 6.07) is 7.29. The molecule has 7 nitrogen and oxygen atoms in total. The zero-order valence-corrected chi connectivity index (χ0v) is 20.2. The molecule has 0 bridgehead atoms. The highest BCUT2D eigenvalue weighted by Gasteiger charge is 2.38. The van der Waals surface area contributed by atoms with Crippen LogP contribution in [0.2, 0.25) is 0 Å². The molecule has 1 aliphatic heterocycles. The number of carbonyl (C=O) groups excluding carboxylic acids is 1. The molecule has 3 N–H and O–H groups in total. The van der Waals surface area contributed by atoms with Crippen LogP contribution in [0.4, 0.5) is 30.6 Å². The smallest absolute Gasteiger partial charge is 0.366 e. The van der Waals surface area contributed by atoms with E-state index in [0.29, 0.717) is 18.5 Å². The molecule has 2 atom stereocenters. The van der Waals surface area contributed by atoms with Crippen LogP contribution in [0.15, 0.2) is 30.5 Å². The second-order valence-corrected chi connectivity index (χ2v) is 9.71. The first-order valence-electron chi connectivity index (χ1n) is 12.3. The SMILES string of the molecule is CC(C)NC(=O)[C@H]1CCC[C@@H]1Nc1nc(Nc2ccc(CN3CCCC3)cc2)ncc1C(F)(F)F. The Balaban J connectivity index is 1.49. The van der Waals surface area contributed by atoms with Crippen molar-refractivity contribution in [3.63, 3.8) is 0 Å². The molecule has 0 radical (unpaired) electrons. The number of nitrogens with one attached hydrogen (secondary N) is 3. The van der Waals surface area contributed by atoms with Crippen LogP contribution in [0.25, 0.3) is 0 Å². The number of likely N-dealkylation sites (tertiary alicyclic amines) is 1. The lowest BCUT2D eigenvalue weighted by molar-refractivity contribution is -0.137. The summed E-state index contributed by atoms with van der Waals surface area (Å²) in [5.41, 5.74) is 0.926. The topological polar surface area (TPSA) is 82.2 Å². The Kier molecular flexibility index (Phi) is 7.78. The number of hydrogen-bond acceptors (Lipinski definition) is 6. The molecule has 35 heavy (non-hydrogen) atoms. The highest BCUT2D eigenvalue weighted by Crippen LogP contribution is 2.36. The third kappa shape index (κ3) is 6.62. The van der Waals surface area contributed by atoms with Gasteiger partial charge < -0.3 is 16.0 Å². The van der Waals surface area contributed by atoms with Gasteiger partial charge in [-0.05, 0) is 70.3 Å². The summed E-state index contributed by atoms with van der Waals surface area (Å²) in [5.74, 6) is -0.804. The molecule has 2 fully saturated rings. The van der Waals surface area contributed by atoms with E-state index in [-0.39, 0.29) is 23.7 Å². The standard InChI is InChI=1S/C25H33F3N6O/c1-16(2)30-23(35)19-6-5-7-21(19)32-22-20(25(26,27)28)14-29-24(33-22)31-18-10-8-17(9-11-18)15-34-12-3-4-13-34/h8-11,14,16,19,21H,3-7,12-13,15H2,1-2H3,(H,30,35)(H2,29,31,32,33)/t19-,21-/m0/s1. The number of hydrogen-bond donors (Lipinski definition) is 3. The van der Waals surface area contributed by atoms with Gasteiger partial charge in [-0.25, -0.2) is 4.98 Å². The second-order valence-electron chi connectivity index (χ2n) is 9.71. The Bertz CT molecular complexity index is 1010. The minimum atomic E-state index is -4.62. The lowest BCUT2D eigenvalue weighted by atomic mass is 10.0. The van der Waals surface area contributed by atoms with E-state index >= 15 is 0 Å². The van der Waals surface area contributed by atoms with Crippen LogP contribution in [0.1, 0.15) is 57.1 Å². The summed E-state index contributed by atoms with van der Waals surface area (Å²) in [6.45, 7) is 6.82. The van der Waals surface area contributed by atoms with Crippen LogP contribution in [-0.2, 0) is 17.5 Å². The predicted octanol–water partition coefficient (Wildman–Crippen LogP) is 4.94. The fraction of sp³-hybridized carbons (Fsp3) is 0.560. The molecule has 10 heteroatoms. The molecule has 1 aromatic carbocycles. The molecule has 2 aliphatic rings. The third-order valence-electron chi connectivity index (χ3n) is 6.51. The molecule has 190 valence electrons. The van der Waals surface area contributed by atoms with E-state index < -0.39 is 23.7 Å². The quantitative estimate of drug-likeness (QED) is 0.486. The van der Waals surface area contributed by atoms with Crippen molar-refractivity contribution in [2.24, 2.45) is 5.92 Å². The highest BCUT2D eigenvalue weighted by atomic mass is 19.4. The van der Waals surface area contributed by atoms with E-state index in [1.807, 2.05) is 38.1 Å². The van der Waals surface area contributed by atoms with E-state index in [0.717, 1.165) is 32.3 Å².